The number of halogens is 3. The summed E-state index contributed by atoms with van der Waals surface area (Å²) in [4.78, 5) is 54.9. The van der Waals surface area contributed by atoms with E-state index in [1.807, 2.05) is 126 Å². The average Bonchev–Trinajstić information content (AvgIpc) is 4.13. The number of benzene rings is 2. The molecule has 4 N–H and O–H groups in total. The molecule has 4 amide bonds. The van der Waals surface area contributed by atoms with Gasteiger partial charge < -0.3 is 40.0 Å². The van der Waals surface area contributed by atoms with Gasteiger partial charge in [0, 0.05) is 30.0 Å². The Bertz CT molecular complexity index is 2450. The molecule has 7 rings (SSSR count). The maximum atomic E-state index is 13.0. The minimum Gasteiger partial charge on any atom is -0.444 e. The summed E-state index contributed by atoms with van der Waals surface area (Å²) in [5, 5.41) is 10.8. The molecular weight excluding hydrogens is 941 g/mol. The first-order valence-electron chi connectivity index (χ1n) is 22.6. The first-order chi connectivity index (χ1) is 31.6. The largest absolute Gasteiger partial charge is 0.494 e. The molecule has 2 aliphatic carbocycles. The van der Waals surface area contributed by atoms with E-state index in [4.69, 9.17) is 18.8 Å². The number of alkyl halides is 2. The van der Waals surface area contributed by atoms with Gasteiger partial charge in [-0.15, -0.1) is 0 Å². The number of anilines is 2. The molecule has 1 aliphatic heterocycles. The monoisotopic (exact) mass is 1000 g/mol. The standard InChI is InChI=1S/C22H26FN3O3.C19H30BNO4.C9H8BrFN2O/c1-13-9-14(5-6-16(13)12-25-21(28)29-22(2,3)4)15-7-8-24-19(10-15)26-20(27)17-11-18(17)23;1-13-11-15(20-24-18(5,6)19(7,8)25-20)10-9-14(13)12-21-16(22)23-17(2,3)4;10-5-1-2-12-8(3-5)13-9(14)6-4-7(6)11/h5-10,17-18H,11-12H2,1-4H3,(H,25,28)(H,24,26,27);9-11H,12H2,1-8H3,(H,21,22);1-3,6-7H,4H2,(H,12,13,14)/t17-,18+;;6-,7+/m1.1/s1. The van der Waals surface area contributed by atoms with Gasteiger partial charge in [-0.3, -0.25) is 9.59 Å². The molecule has 68 heavy (non-hydrogen) atoms. The van der Waals surface area contributed by atoms with Crippen LogP contribution in [0.2, 0.25) is 0 Å². The fourth-order valence-corrected chi connectivity index (χ4v) is 6.88. The van der Waals surface area contributed by atoms with Crippen molar-refractivity contribution in [2.24, 2.45) is 11.8 Å². The number of aromatic nitrogens is 2. The van der Waals surface area contributed by atoms with Gasteiger partial charge in [0.2, 0.25) is 11.8 Å². The van der Waals surface area contributed by atoms with Crippen molar-refractivity contribution in [2.75, 3.05) is 10.6 Å². The molecule has 3 heterocycles. The van der Waals surface area contributed by atoms with Crippen LogP contribution in [-0.2, 0) is 41.5 Å². The average molecular weight is 1010 g/mol. The van der Waals surface area contributed by atoms with Gasteiger partial charge in [0.1, 0.15) is 35.2 Å². The van der Waals surface area contributed by atoms with Crippen molar-refractivity contribution in [3.63, 3.8) is 0 Å². The van der Waals surface area contributed by atoms with Crippen LogP contribution in [0.1, 0.15) is 104 Å². The number of aryl methyl sites for hydroxylation is 2. The highest BCUT2D eigenvalue weighted by Gasteiger charge is 2.52. The molecule has 1 saturated heterocycles. The van der Waals surface area contributed by atoms with E-state index < -0.39 is 47.6 Å². The van der Waals surface area contributed by atoms with Gasteiger partial charge in [0.15, 0.2) is 0 Å². The van der Waals surface area contributed by atoms with Crippen molar-refractivity contribution >= 4 is 64.1 Å². The molecule has 4 atom stereocenters. The van der Waals surface area contributed by atoms with Crippen molar-refractivity contribution < 1.29 is 46.7 Å². The minimum atomic E-state index is -1.04. The van der Waals surface area contributed by atoms with Gasteiger partial charge in [-0.1, -0.05) is 52.3 Å². The second-order valence-electron chi connectivity index (χ2n) is 20.1. The van der Waals surface area contributed by atoms with Gasteiger partial charge in [-0.2, -0.15) is 0 Å². The van der Waals surface area contributed by atoms with E-state index in [-0.39, 0.29) is 36.6 Å². The number of rotatable bonds is 10. The molecule has 0 radical (unpaired) electrons. The fraction of sp³-hybridized carbons (Fsp3) is 0.480. The van der Waals surface area contributed by atoms with Gasteiger partial charge in [-0.25, -0.2) is 28.3 Å². The highest BCUT2D eigenvalue weighted by Crippen LogP contribution is 2.37. The smallest absolute Gasteiger partial charge is 0.444 e. The third kappa shape index (κ3) is 16.1. The molecule has 2 aromatic heterocycles. The molecule has 0 unspecified atom stereocenters. The van der Waals surface area contributed by atoms with Gasteiger partial charge in [0.05, 0.1) is 23.0 Å². The van der Waals surface area contributed by atoms with Gasteiger partial charge >= 0.3 is 19.3 Å². The summed E-state index contributed by atoms with van der Waals surface area (Å²) in [5.74, 6) is -0.802. The number of carbonyl (C=O) groups excluding carboxylic acids is 4. The maximum absolute atomic E-state index is 13.0. The second kappa shape index (κ2) is 21.9. The van der Waals surface area contributed by atoms with E-state index in [0.29, 0.717) is 31.1 Å². The quantitative estimate of drug-likeness (QED) is 0.112. The Labute approximate surface area is 407 Å². The summed E-state index contributed by atoms with van der Waals surface area (Å²) in [7, 11) is -0.378. The maximum Gasteiger partial charge on any atom is 0.494 e. The summed E-state index contributed by atoms with van der Waals surface area (Å²) in [6.07, 6.45) is 0.912. The summed E-state index contributed by atoms with van der Waals surface area (Å²) >= 11 is 3.25. The number of alkyl carbamates (subject to hydrolysis) is 2. The van der Waals surface area contributed by atoms with Crippen molar-refractivity contribution in [2.45, 2.75) is 144 Å². The van der Waals surface area contributed by atoms with E-state index >= 15 is 0 Å². The van der Waals surface area contributed by atoms with Gasteiger partial charge in [0.25, 0.3) is 0 Å². The number of hydrogen-bond donors (Lipinski definition) is 4. The normalized spacial score (nSPS) is 19.7. The molecule has 3 fully saturated rings. The Balaban J connectivity index is 0.000000201. The molecule has 14 nitrogen and oxygen atoms in total. The first kappa shape index (κ1) is 53.5. The zero-order valence-corrected chi connectivity index (χ0v) is 42.5. The fourth-order valence-electron chi connectivity index (χ4n) is 6.54. The van der Waals surface area contributed by atoms with Crippen LogP contribution in [0.3, 0.4) is 0 Å². The lowest BCUT2D eigenvalue weighted by molar-refractivity contribution is -0.118. The number of nitrogens with zero attached hydrogens (tertiary/aromatic N) is 2. The zero-order valence-electron chi connectivity index (χ0n) is 40.9. The van der Waals surface area contributed by atoms with Crippen LogP contribution in [0.5, 0.6) is 0 Å². The van der Waals surface area contributed by atoms with Crippen LogP contribution in [-0.4, -0.2) is 75.8 Å². The molecule has 18 heteroatoms. The summed E-state index contributed by atoms with van der Waals surface area (Å²) in [6.45, 7) is 23.9. The van der Waals surface area contributed by atoms with E-state index in [2.05, 4.69) is 47.2 Å². The Kier molecular flexibility index (Phi) is 17.2. The predicted molar refractivity (Wildman–Crippen MR) is 263 cm³/mol. The lowest BCUT2D eigenvalue weighted by atomic mass is 9.78. The first-order valence-corrected chi connectivity index (χ1v) is 23.3. The van der Waals surface area contributed by atoms with Crippen molar-refractivity contribution in [3.8, 4) is 11.1 Å². The predicted octanol–water partition coefficient (Wildman–Crippen LogP) is 9.84. The Hall–Kier alpha value is -5.46. The van der Waals surface area contributed by atoms with Crippen LogP contribution in [0.4, 0.5) is 30.0 Å². The molecular formula is C50H64BBrF2N6O8. The third-order valence-corrected chi connectivity index (χ3v) is 11.8. The molecule has 3 aliphatic rings. The van der Waals surface area contributed by atoms with Crippen molar-refractivity contribution in [1.82, 2.24) is 20.6 Å². The van der Waals surface area contributed by atoms with E-state index in [1.165, 1.54) is 0 Å². The van der Waals surface area contributed by atoms with Crippen LogP contribution in [0.25, 0.3) is 11.1 Å². The number of nitrogens with one attached hydrogen (secondary N) is 4. The lowest BCUT2D eigenvalue weighted by Crippen LogP contribution is -2.41. The number of hydrogen-bond acceptors (Lipinski definition) is 10. The van der Waals surface area contributed by atoms with Gasteiger partial charge in [-0.05, 0) is 159 Å². The Morgan fingerprint density at radius 3 is 1.53 bits per heavy atom. The lowest BCUT2D eigenvalue weighted by Gasteiger charge is -2.32. The number of amides is 4. The molecule has 2 saturated carbocycles. The molecule has 4 aromatic rings. The highest BCUT2D eigenvalue weighted by atomic mass is 79.9. The van der Waals surface area contributed by atoms with Crippen molar-refractivity contribution in [3.05, 3.63) is 99.8 Å². The molecule has 0 spiro atoms. The van der Waals surface area contributed by atoms with E-state index in [0.717, 1.165) is 43.3 Å². The van der Waals surface area contributed by atoms with Crippen LogP contribution in [0, 0.1) is 25.7 Å². The van der Waals surface area contributed by atoms with E-state index in [1.54, 1.807) is 30.6 Å². The van der Waals surface area contributed by atoms with Crippen molar-refractivity contribution in [1.29, 1.82) is 0 Å². The number of ether oxygens (including phenoxy) is 2. The molecule has 366 valence electrons. The SMILES string of the molecule is Cc1cc(-c2ccnc(NC(=O)[C@@H]3C[C@@H]3F)c2)ccc1CNC(=O)OC(C)(C)C.Cc1cc(B2OC(C)(C)C(C)(C)O2)ccc1CNC(=O)OC(C)(C)C.O=C(Nc1cc(Br)ccn1)[C@@H]1C[C@@H]1F. The summed E-state index contributed by atoms with van der Waals surface area (Å²) < 4.78 is 49.1. The third-order valence-electron chi connectivity index (χ3n) is 11.3. The minimum absolute atomic E-state index is 0.281. The van der Waals surface area contributed by atoms with E-state index in [9.17, 15) is 28.0 Å². The van der Waals surface area contributed by atoms with Crippen LogP contribution >= 0.6 is 15.9 Å². The highest BCUT2D eigenvalue weighted by molar-refractivity contribution is 9.10. The zero-order chi connectivity index (χ0) is 50.4. The molecule has 2 aromatic carbocycles. The summed E-state index contributed by atoms with van der Waals surface area (Å²) in [6, 6.07) is 19.0. The Morgan fingerprint density at radius 2 is 1.10 bits per heavy atom. The Morgan fingerprint density at radius 1 is 0.676 bits per heavy atom. The number of carbonyl (C=O) groups is 4. The summed E-state index contributed by atoms with van der Waals surface area (Å²) in [5.41, 5.74) is 5.16. The topological polar surface area (TPSA) is 179 Å². The van der Waals surface area contributed by atoms with Crippen LogP contribution in [0.15, 0.2) is 77.5 Å². The number of pyridine rings is 2. The second-order valence-corrected chi connectivity index (χ2v) is 21.0. The molecule has 0 bridgehead atoms. The van der Waals surface area contributed by atoms with Crippen LogP contribution < -0.4 is 26.7 Å².